The molecule has 0 spiro atoms. The Labute approximate surface area is 98.2 Å². The third-order valence-electron chi connectivity index (χ3n) is 1.94. The SMILES string of the molecule is C#CCCC(=O)Nc1ccc(Br)c(C)c1. The summed E-state index contributed by atoms with van der Waals surface area (Å²) < 4.78 is 1.03. The number of carbonyl (C=O) groups excluding carboxylic acids is 1. The van der Waals surface area contributed by atoms with Crippen LogP contribution in [0.2, 0.25) is 0 Å². The molecular weight excluding hydrogens is 254 g/mol. The number of rotatable bonds is 3. The molecular formula is C12H12BrNO. The van der Waals surface area contributed by atoms with Crippen LogP contribution in [0.3, 0.4) is 0 Å². The van der Waals surface area contributed by atoms with Crippen molar-refractivity contribution in [1.29, 1.82) is 0 Å². The summed E-state index contributed by atoms with van der Waals surface area (Å²) in [5.41, 5.74) is 1.89. The van der Waals surface area contributed by atoms with Crippen molar-refractivity contribution < 1.29 is 4.79 Å². The predicted octanol–water partition coefficient (Wildman–Crippen LogP) is 3.11. The molecule has 15 heavy (non-hydrogen) atoms. The van der Waals surface area contributed by atoms with Crippen molar-refractivity contribution in [2.45, 2.75) is 19.8 Å². The molecule has 0 aliphatic carbocycles. The summed E-state index contributed by atoms with van der Waals surface area (Å²) in [5.74, 6) is 2.39. The van der Waals surface area contributed by atoms with Gasteiger partial charge in [0.15, 0.2) is 0 Å². The Morgan fingerprint density at radius 1 is 1.60 bits per heavy atom. The van der Waals surface area contributed by atoms with Crippen molar-refractivity contribution in [2.75, 3.05) is 5.32 Å². The molecule has 1 amide bonds. The lowest BCUT2D eigenvalue weighted by Crippen LogP contribution is -2.10. The fourth-order valence-corrected chi connectivity index (χ4v) is 1.38. The van der Waals surface area contributed by atoms with Crippen LogP contribution in [0.5, 0.6) is 0 Å². The van der Waals surface area contributed by atoms with Gasteiger partial charge in [0, 0.05) is 23.0 Å². The number of terminal acetylenes is 1. The first-order chi connectivity index (χ1) is 7.13. The second kappa shape index (κ2) is 5.57. The van der Waals surface area contributed by atoms with Crippen LogP contribution in [0.1, 0.15) is 18.4 Å². The van der Waals surface area contributed by atoms with Gasteiger partial charge in [-0.05, 0) is 30.7 Å². The van der Waals surface area contributed by atoms with Crippen molar-refractivity contribution in [2.24, 2.45) is 0 Å². The van der Waals surface area contributed by atoms with Crippen molar-refractivity contribution in [3.05, 3.63) is 28.2 Å². The van der Waals surface area contributed by atoms with E-state index in [1.165, 1.54) is 0 Å². The zero-order chi connectivity index (χ0) is 11.3. The molecule has 0 bridgehead atoms. The Kier molecular flexibility index (Phi) is 4.38. The lowest BCUT2D eigenvalue weighted by molar-refractivity contribution is -0.116. The van der Waals surface area contributed by atoms with Crippen LogP contribution < -0.4 is 5.32 Å². The first-order valence-electron chi connectivity index (χ1n) is 4.63. The molecule has 3 heteroatoms. The number of amides is 1. The van der Waals surface area contributed by atoms with Gasteiger partial charge in [-0.2, -0.15) is 0 Å². The van der Waals surface area contributed by atoms with Gasteiger partial charge in [0.25, 0.3) is 0 Å². The average Bonchev–Trinajstić information content (AvgIpc) is 2.20. The topological polar surface area (TPSA) is 29.1 Å². The molecule has 0 heterocycles. The standard InChI is InChI=1S/C12H12BrNO/c1-3-4-5-12(15)14-10-6-7-11(13)9(2)8-10/h1,6-8H,4-5H2,2H3,(H,14,15). The number of aryl methyl sites for hydroxylation is 1. The highest BCUT2D eigenvalue weighted by molar-refractivity contribution is 9.10. The zero-order valence-electron chi connectivity index (χ0n) is 8.51. The average molecular weight is 266 g/mol. The third-order valence-corrected chi connectivity index (χ3v) is 2.83. The van der Waals surface area contributed by atoms with Crippen LogP contribution in [0.4, 0.5) is 5.69 Å². The van der Waals surface area contributed by atoms with E-state index >= 15 is 0 Å². The maximum Gasteiger partial charge on any atom is 0.225 e. The minimum atomic E-state index is -0.0466. The molecule has 0 saturated heterocycles. The Morgan fingerprint density at radius 2 is 2.33 bits per heavy atom. The van der Waals surface area contributed by atoms with Gasteiger partial charge in [-0.3, -0.25) is 4.79 Å². The van der Waals surface area contributed by atoms with Crippen molar-refractivity contribution in [3.63, 3.8) is 0 Å². The minimum Gasteiger partial charge on any atom is -0.326 e. The second-order valence-electron chi connectivity index (χ2n) is 3.22. The molecule has 0 unspecified atom stereocenters. The first-order valence-corrected chi connectivity index (χ1v) is 5.42. The summed E-state index contributed by atoms with van der Waals surface area (Å²) in [6.45, 7) is 1.97. The Hall–Kier alpha value is -1.27. The van der Waals surface area contributed by atoms with Crippen LogP contribution in [0.15, 0.2) is 22.7 Å². The molecule has 0 aliphatic heterocycles. The number of hydrogen-bond donors (Lipinski definition) is 1. The Bertz CT molecular complexity index is 407. The van der Waals surface area contributed by atoms with E-state index in [-0.39, 0.29) is 5.91 Å². The van der Waals surface area contributed by atoms with Gasteiger partial charge < -0.3 is 5.32 Å². The Morgan fingerprint density at radius 3 is 2.93 bits per heavy atom. The van der Waals surface area contributed by atoms with Gasteiger partial charge in [-0.25, -0.2) is 0 Å². The van der Waals surface area contributed by atoms with E-state index in [1.807, 2.05) is 25.1 Å². The number of anilines is 1. The summed E-state index contributed by atoms with van der Waals surface area (Å²) in [6.07, 6.45) is 5.92. The highest BCUT2D eigenvalue weighted by atomic mass is 79.9. The molecule has 0 aliphatic rings. The smallest absolute Gasteiger partial charge is 0.225 e. The molecule has 2 nitrogen and oxygen atoms in total. The molecule has 0 radical (unpaired) electrons. The van der Waals surface area contributed by atoms with Gasteiger partial charge in [0.05, 0.1) is 0 Å². The van der Waals surface area contributed by atoms with E-state index in [9.17, 15) is 4.79 Å². The number of benzene rings is 1. The number of halogens is 1. The molecule has 0 atom stereocenters. The van der Waals surface area contributed by atoms with E-state index < -0.39 is 0 Å². The van der Waals surface area contributed by atoms with E-state index in [0.717, 1.165) is 15.7 Å². The molecule has 78 valence electrons. The van der Waals surface area contributed by atoms with Gasteiger partial charge in [-0.15, -0.1) is 12.3 Å². The highest BCUT2D eigenvalue weighted by Gasteiger charge is 2.02. The monoisotopic (exact) mass is 265 g/mol. The van der Waals surface area contributed by atoms with Crippen molar-refractivity contribution in [3.8, 4) is 12.3 Å². The first kappa shape index (κ1) is 11.8. The molecule has 0 saturated carbocycles. The minimum absolute atomic E-state index is 0.0466. The van der Waals surface area contributed by atoms with Gasteiger partial charge >= 0.3 is 0 Å². The van der Waals surface area contributed by atoms with E-state index in [2.05, 4.69) is 27.2 Å². The number of hydrogen-bond acceptors (Lipinski definition) is 1. The molecule has 1 rings (SSSR count). The summed E-state index contributed by atoms with van der Waals surface area (Å²) in [4.78, 5) is 11.3. The van der Waals surface area contributed by atoms with Crippen LogP contribution in [0, 0.1) is 19.3 Å². The summed E-state index contributed by atoms with van der Waals surface area (Å²) in [6, 6.07) is 5.68. The van der Waals surface area contributed by atoms with Gasteiger partial charge in [0.2, 0.25) is 5.91 Å². The second-order valence-corrected chi connectivity index (χ2v) is 4.07. The molecule has 0 fully saturated rings. The molecule has 1 aromatic rings. The van der Waals surface area contributed by atoms with Crippen LogP contribution in [-0.4, -0.2) is 5.91 Å². The predicted molar refractivity (Wildman–Crippen MR) is 65.6 cm³/mol. The summed E-state index contributed by atoms with van der Waals surface area (Å²) in [7, 11) is 0. The van der Waals surface area contributed by atoms with E-state index in [0.29, 0.717) is 12.8 Å². The van der Waals surface area contributed by atoms with Crippen LogP contribution >= 0.6 is 15.9 Å². The fourth-order valence-electron chi connectivity index (χ4n) is 1.13. The fraction of sp³-hybridized carbons (Fsp3) is 0.250. The van der Waals surface area contributed by atoms with E-state index in [4.69, 9.17) is 6.42 Å². The lowest BCUT2D eigenvalue weighted by Gasteiger charge is -2.05. The third kappa shape index (κ3) is 3.77. The maximum atomic E-state index is 11.3. The molecule has 0 aromatic heterocycles. The normalized spacial score (nSPS) is 9.40. The largest absolute Gasteiger partial charge is 0.326 e. The lowest BCUT2D eigenvalue weighted by atomic mass is 10.2. The molecule has 1 aromatic carbocycles. The van der Waals surface area contributed by atoms with Gasteiger partial charge in [0.1, 0.15) is 0 Å². The van der Waals surface area contributed by atoms with Crippen LogP contribution in [-0.2, 0) is 4.79 Å². The molecule has 1 N–H and O–H groups in total. The van der Waals surface area contributed by atoms with Crippen molar-refractivity contribution >= 4 is 27.5 Å². The maximum absolute atomic E-state index is 11.3. The summed E-state index contributed by atoms with van der Waals surface area (Å²) >= 11 is 3.40. The Balaban J connectivity index is 2.62. The number of carbonyl (C=O) groups is 1. The quantitative estimate of drug-likeness (QED) is 0.837. The van der Waals surface area contributed by atoms with E-state index in [1.54, 1.807) is 0 Å². The number of nitrogens with one attached hydrogen (secondary N) is 1. The van der Waals surface area contributed by atoms with Crippen molar-refractivity contribution in [1.82, 2.24) is 0 Å². The summed E-state index contributed by atoms with van der Waals surface area (Å²) in [5, 5.41) is 2.79. The van der Waals surface area contributed by atoms with Crippen LogP contribution in [0.25, 0.3) is 0 Å². The zero-order valence-corrected chi connectivity index (χ0v) is 10.1. The van der Waals surface area contributed by atoms with Gasteiger partial charge in [-0.1, -0.05) is 15.9 Å². The highest BCUT2D eigenvalue weighted by Crippen LogP contribution is 2.20.